The van der Waals surface area contributed by atoms with E-state index in [9.17, 15) is 4.79 Å². The third-order valence-electron chi connectivity index (χ3n) is 3.22. The van der Waals surface area contributed by atoms with Crippen LogP contribution in [0.15, 0.2) is 18.2 Å². The van der Waals surface area contributed by atoms with Crippen LogP contribution in [0.25, 0.3) is 0 Å². The number of hydrogen-bond acceptors (Lipinski definition) is 3. The molecule has 18 heavy (non-hydrogen) atoms. The van der Waals surface area contributed by atoms with Crippen molar-refractivity contribution in [2.24, 2.45) is 5.73 Å². The molecule has 98 valence electrons. The summed E-state index contributed by atoms with van der Waals surface area (Å²) in [4.78, 5) is 11.0. The minimum atomic E-state index is -0.498. The number of carbonyl (C=O) groups excluding carboxylic acids is 1. The van der Waals surface area contributed by atoms with Crippen LogP contribution in [0.3, 0.4) is 0 Å². The quantitative estimate of drug-likeness (QED) is 0.764. The smallest absolute Gasteiger partial charge is 0.250 e. The van der Waals surface area contributed by atoms with E-state index < -0.39 is 5.91 Å². The Labute approximate surface area is 112 Å². The Morgan fingerprint density at radius 2 is 2.39 bits per heavy atom. The summed E-state index contributed by atoms with van der Waals surface area (Å²) >= 11 is 5.98. The molecule has 1 heterocycles. The summed E-state index contributed by atoms with van der Waals surface area (Å²) in [5.41, 5.74) is 6.48. The number of nitrogens with one attached hydrogen (secondary N) is 2. The molecule has 1 aliphatic heterocycles. The van der Waals surface area contributed by atoms with E-state index in [1.165, 1.54) is 12.8 Å². The molecule has 1 aromatic carbocycles. The van der Waals surface area contributed by atoms with E-state index in [2.05, 4.69) is 10.6 Å². The van der Waals surface area contributed by atoms with Crippen molar-refractivity contribution >= 4 is 23.2 Å². The first-order chi connectivity index (χ1) is 8.66. The molecule has 2 rings (SSSR count). The van der Waals surface area contributed by atoms with Gasteiger partial charge in [-0.15, -0.1) is 0 Å². The Hall–Kier alpha value is -1.26. The van der Waals surface area contributed by atoms with Crippen molar-refractivity contribution in [1.82, 2.24) is 5.32 Å². The Balaban J connectivity index is 1.85. The maximum atomic E-state index is 11.0. The summed E-state index contributed by atoms with van der Waals surface area (Å²) in [7, 11) is 0. The van der Waals surface area contributed by atoms with Crippen LogP contribution < -0.4 is 16.4 Å². The van der Waals surface area contributed by atoms with E-state index in [1.807, 2.05) is 6.07 Å². The predicted molar refractivity (Wildman–Crippen MR) is 74.1 cm³/mol. The number of primary amides is 1. The summed E-state index contributed by atoms with van der Waals surface area (Å²) < 4.78 is 0. The standard InChI is InChI=1S/C13H18ClN3O/c14-12-8-10(3-4-11(12)13(15)18)17-7-5-9-2-1-6-16-9/h3-4,8-9,16-17H,1-2,5-7H2,(H2,15,18)/t9-/m0/s1. The SMILES string of the molecule is NC(=O)c1ccc(NCC[C@@H]2CCCN2)cc1Cl. The maximum Gasteiger partial charge on any atom is 0.250 e. The number of rotatable bonds is 5. The highest BCUT2D eigenvalue weighted by Gasteiger charge is 2.13. The lowest BCUT2D eigenvalue weighted by atomic mass is 10.1. The van der Waals surface area contributed by atoms with Crippen molar-refractivity contribution in [2.75, 3.05) is 18.4 Å². The van der Waals surface area contributed by atoms with Gasteiger partial charge in [-0.1, -0.05) is 11.6 Å². The first-order valence-corrected chi connectivity index (χ1v) is 6.61. The summed E-state index contributed by atoms with van der Waals surface area (Å²) in [5.74, 6) is -0.498. The first kappa shape index (κ1) is 13.2. The molecule has 0 bridgehead atoms. The monoisotopic (exact) mass is 267 g/mol. The molecule has 0 radical (unpaired) electrons. The Kier molecular flexibility index (Phi) is 4.44. The molecule has 0 aliphatic carbocycles. The Morgan fingerprint density at radius 1 is 1.56 bits per heavy atom. The lowest BCUT2D eigenvalue weighted by Crippen LogP contribution is -2.24. The lowest BCUT2D eigenvalue weighted by Gasteiger charge is -2.12. The molecule has 1 aliphatic rings. The predicted octanol–water partition coefficient (Wildman–Crippen LogP) is 1.99. The first-order valence-electron chi connectivity index (χ1n) is 6.23. The maximum absolute atomic E-state index is 11.0. The van der Waals surface area contributed by atoms with Crippen molar-refractivity contribution in [3.05, 3.63) is 28.8 Å². The van der Waals surface area contributed by atoms with E-state index >= 15 is 0 Å². The number of hydrogen-bond donors (Lipinski definition) is 3. The van der Waals surface area contributed by atoms with Gasteiger partial charge in [0.15, 0.2) is 0 Å². The number of halogens is 1. The molecule has 4 nitrogen and oxygen atoms in total. The molecule has 1 fully saturated rings. The van der Waals surface area contributed by atoms with Crippen LogP contribution in [-0.4, -0.2) is 25.0 Å². The number of carbonyl (C=O) groups is 1. The van der Waals surface area contributed by atoms with Crippen LogP contribution in [0.4, 0.5) is 5.69 Å². The van der Waals surface area contributed by atoms with Gasteiger partial charge in [0, 0.05) is 18.3 Å². The molecular weight excluding hydrogens is 250 g/mol. The number of amides is 1. The van der Waals surface area contributed by atoms with E-state index in [-0.39, 0.29) is 0 Å². The molecule has 1 saturated heterocycles. The van der Waals surface area contributed by atoms with Gasteiger partial charge in [0.1, 0.15) is 0 Å². The Bertz CT molecular complexity index is 430. The van der Waals surface area contributed by atoms with E-state index in [0.717, 1.165) is 25.2 Å². The van der Waals surface area contributed by atoms with Gasteiger partial charge in [-0.2, -0.15) is 0 Å². The fourth-order valence-electron chi connectivity index (χ4n) is 2.22. The van der Waals surface area contributed by atoms with Crippen molar-refractivity contribution in [1.29, 1.82) is 0 Å². The fourth-order valence-corrected chi connectivity index (χ4v) is 2.49. The molecule has 5 heteroatoms. The van der Waals surface area contributed by atoms with E-state index in [4.69, 9.17) is 17.3 Å². The highest BCUT2D eigenvalue weighted by Crippen LogP contribution is 2.20. The van der Waals surface area contributed by atoms with Crippen LogP contribution in [0.2, 0.25) is 5.02 Å². The third kappa shape index (κ3) is 3.37. The van der Waals surface area contributed by atoms with Crippen molar-refractivity contribution in [2.45, 2.75) is 25.3 Å². The number of benzene rings is 1. The minimum absolute atomic E-state index is 0.361. The zero-order chi connectivity index (χ0) is 13.0. The molecular formula is C13H18ClN3O. The third-order valence-corrected chi connectivity index (χ3v) is 3.53. The molecule has 1 amide bonds. The second-order valence-electron chi connectivity index (χ2n) is 4.57. The van der Waals surface area contributed by atoms with Crippen molar-refractivity contribution < 1.29 is 4.79 Å². The fraction of sp³-hybridized carbons (Fsp3) is 0.462. The zero-order valence-electron chi connectivity index (χ0n) is 10.2. The highest BCUT2D eigenvalue weighted by atomic mass is 35.5. The zero-order valence-corrected chi connectivity index (χ0v) is 11.0. The van der Waals surface area contributed by atoms with Gasteiger partial charge < -0.3 is 16.4 Å². The summed E-state index contributed by atoms with van der Waals surface area (Å²) in [5, 5.41) is 7.15. The van der Waals surface area contributed by atoms with Crippen LogP contribution in [0.1, 0.15) is 29.6 Å². The molecule has 0 unspecified atom stereocenters. The van der Waals surface area contributed by atoms with Crippen LogP contribution in [0, 0.1) is 0 Å². The van der Waals surface area contributed by atoms with Gasteiger partial charge in [0.05, 0.1) is 10.6 Å². The normalized spacial score (nSPS) is 18.8. The van der Waals surface area contributed by atoms with Crippen molar-refractivity contribution in [3.63, 3.8) is 0 Å². The van der Waals surface area contributed by atoms with Gasteiger partial charge >= 0.3 is 0 Å². The van der Waals surface area contributed by atoms with Gasteiger partial charge in [-0.3, -0.25) is 4.79 Å². The van der Waals surface area contributed by atoms with Crippen LogP contribution in [0.5, 0.6) is 0 Å². The summed E-state index contributed by atoms with van der Waals surface area (Å²) in [6.07, 6.45) is 3.61. The van der Waals surface area contributed by atoms with Crippen LogP contribution >= 0.6 is 11.6 Å². The van der Waals surface area contributed by atoms with E-state index in [0.29, 0.717) is 16.6 Å². The van der Waals surface area contributed by atoms with Gasteiger partial charge in [0.25, 0.3) is 0 Å². The van der Waals surface area contributed by atoms with Crippen LogP contribution in [-0.2, 0) is 0 Å². The molecule has 0 aromatic heterocycles. The van der Waals surface area contributed by atoms with E-state index in [1.54, 1.807) is 12.1 Å². The average Bonchev–Trinajstić information content (AvgIpc) is 2.81. The molecule has 1 aromatic rings. The number of nitrogens with two attached hydrogens (primary N) is 1. The average molecular weight is 268 g/mol. The topological polar surface area (TPSA) is 67.2 Å². The molecule has 0 saturated carbocycles. The summed E-state index contributed by atoms with van der Waals surface area (Å²) in [6.45, 7) is 2.02. The van der Waals surface area contributed by atoms with Crippen molar-refractivity contribution in [3.8, 4) is 0 Å². The largest absolute Gasteiger partial charge is 0.385 e. The summed E-state index contributed by atoms with van der Waals surface area (Å²) in [6, 6.07) is 5.84. The van der Waals surface area contributed by atoms with Gasteiger partial charge in [0.2, 0.25) is 5.91 Å². The van der Waals surface area contributed by atoms with Gasteiger partial charge in [-0.05, 0) is 44.0 Å². The lowest BCUT2D eigenvalue weighted by molar-refractivity contribution is 0.100. The second kappa shape index (κ2) is 6.07. The molecule has 1 atom stereocenters. The molecule has 0 spiro atoms. The Morgan fingerprint density at radius 3 is 3.00 bits per heavy atom. The number of anilines is 1. The molecule has 4 N–H and O–H groups in total. The highest BCUT2D eigenvalue weighted by molar-refractivity contribution is 6.34. The minimum Gasteiger partial charge on any atom is -0.385 e. The van der Waals surface area contributed by atoms with Gasteiger partial charge in [-0.25, -0.2) is 0 Å². The second-order valence-corrected chi connectivity index (χ2v) is 4.97.